The van der Waals surface area contributed by atoms with Gasteiger partial charge in [0.15, 0.2) is 0 Å². The fourth-order valence-corrected chi connectivity index (χ4v) is 4.49. The van der Waals surface area contributed by atoms with Crippen molar-refractivity contribution in [3.8, 4) is 11.1 Å². The Bertz CT molecular complexity index is 1260. The van der Waals surface area contributed by atoms with E-state index < -0.39 is 0 Å². The average Bonchev–Trinajstić information content (AvgIpc) is 3.07. The molecule has 0 bridgehead atoms. The van der Waals surface area contributed by atoms with E-state index in [1.807, 2.05) is 6.08 Å². The first-order valence-electron chi connectivity index (χ1n) is 9.54. The first-order valence-corrected chi connectivity index (χ1v) is 10.3. The number of aromatic nitrogens is 1. The Kier molecular flexibility index (Phi) is 4.29. The van der Waals surface area contributed by atoms with Crippen LogP contribution in [0.25, 0.3) is 39.0 Å². The minimum Gasteiger partial charge on any atom is -0.333 e. The molecule has 3 aromatic carbocycles. The van der Waals surface area contributed by atoms with Crippen LogP contribution in [0.3, 0.4) is 0 Å². The zero-order valence-electron chi connectivity index (χ0n) is 15.5. The van der Waals surface area contributed by atoms with Gasteiger partial charge in [0, 0.05) is 26.3 Å². The smallest absolute Gasteiger partial charge is 0.0560 e. The number of benzene rings is 3. The number of nitrogens with zero attached hydrogens (tertiary/aromatic N) is 1. The topological polar surface area (TPSA) is 4.93 Å². The summed E-state index contributed by atoms with van der Waals surface area (Å²) >= 11 is 3.66. The molecule has 136 valence electrons. The van der Waals surface area contributed by atoms with Gasteiger partial charge >= 0.3 is 0 Å². The Labute approximate surface area is 173 Å². The van der Waals surface area contributed by atoms with Crippen LogP contribution in [0.5, 0.6) is 0 Å². The van der Waals surface area contributed by atoms with Crippen molar-refractivity contribution in [2.24, 2.45) is 0 Å². The maximum absolute atomic E-state index is 3.85. The van der Waals surface area contributed by atoms with Crippen molar-refractivity contribution >= 4 is 43.8 Å². The molecule has 0 saturated heterocycles. The van der Waals surface area contributed by atoms with Gasteiger partial charge in [0.25, 0.3) is 0 Å². The third kappa shape index (κ3) is 2.85. The van der Waals surface area contributed by atoms with Crippen molar-refractivity contribution in [2.75, 3.05) is 0 Å². The second-order valence-electron chi connectivity index (χ2n) is 7.21. The number of hydrogen-bond acceptors (Lipinski definition) is 0. The molecular weight excluding hydrogens is 406 g/mol. The molecule has 0 radical (unpaired) electrons. The van der Waals surface area contributed by atoms with Gasteiger partial charge in [-0.2, -0.15) is 0 Å². The molecule has 1 unspecified atom stereocenters. The summed E-state index contributed by atoms with van der Waals surface area (Å²) in [4.78, 5) is 0. The van der Waals surface area contributed by atoms with E-state index in [4.69, 9.17) is 0 Å². The van der Waals surface area contributed by atoms with Gasteiger partial charge in [-0.1, -0.05) is 83.2 Å². The Morgan fingerprint density at radius 3 is 2.29 bits per heavy atom. The lowest BCUT2D eigenvalue weighted by Gasteiger charge is -2.18. The van der Waals surface area contributed by atoms with Crippen LogP contribution < -0.4 is 0 Å². The van der Waals surface area contributed by atoms with Crippen molar-refractivity contribution in [2.45, 2.75) is 12.5 Å². The summed E-state index contributed by atoms with van der Waals surface area (Å²) in [5, 5.41) is 2.58. The van der Waals surface area contributed by atoms with Gasteiger partial charge in [0.05, 0.1) is 6.04 Å². The molecule has 0 amide bonds. The van der Waals surface area contributed by atoms with Gasteiger partial charge in [-0.15, -0.1) is 0 Å². The van der Waals surface area contributed by atoms with E-state index >= 15 is 0 Å². The molecule has 5 rings (SSSR count). The quantitative estimate of drug-likeness (QED) is 0.314. The number of hydrogen-bond donors (Lipinski definition) is 0. The average molecular weight is 426 g/mol. The maximum Gasteiger partial charge on any atom is 0.0560 e. The highest BCUT2D eigenvalue weighted by Crippen LogP contribution is 2.37. The second kappa shape index (κ2) is 6.96. The molecular formula is C26H20BrN. The van der Waals surface area contributed by atoms with E-state index in [0.717, 1.165) is 16.5 Å². The van der Waals surface area contributed by atoms with Gasteiger partial charge < -0.3 is 4.57 Å². The third-order valence-corrected chi connectivity index (χ3v) is 6.03. The Morgan fingerprint density at radius 2 is 1.57 bits per heavy atom. The molecule has 0 saturated carbocycles. The molecule has 2 heteroatoms. The van der Waals surface area contributed by atoms with E-state index in [-0.39, 0.29) is 0 Å². The summed E-state index contributed by atoms with van der Waals surface area (Å²) in [5.74, 6) is 0. The molecule has 1 aromatic heterocycles. The van der Waals surface area contributed by atoms with Crippen LogP contribution in [0, 0.1) is 0 Å². The zero-order chi connectivity index (χ0) is 19.1. The zero-order valence-corrected chi connectivity index (χ0v) is 17.1. The molecule has 28 heavy (non-hydrogen) atoms. The van der Waals surface area contributed by atoms with Gasteiger partial charge in [0.1, 0.15) is 0 Å². The largest absolute Gasteiger partial charge is 0.333 e. The maximum atomic E-state index is 3.85. The van der Waals surface area contributed by atoms with Crippen molar-refractivity contribution < 1.29 is 0 Å². The predicted octanol–water partition coefficient (Wildman–Crippen LogP) is 7.92. The molecule has 1 aliphatic rings. The monoisotopic (exact) mass is 425 g/mol. The standard InChI is InChI=1S/C26H20BrN/c1-2-18-8-10-19(11-9-18)20-12-14-25-23(16-20)24-17-21(27)13-15-26(24)28(25)22-6-4-3-5-7-22/h2-6,8-17,22H,1,7H2. The van der Waals surface area contributed by atoms with Crippen LogP contribution in [-0.2, 0) is 0 Å². The molecule has 4 aromatic rings. The Morgan fingerprint density at radius 1 is 0.857 bits per heavy atom. The van der Waals surface area contributed by atoms with Crippen molar-refractivity contribution in [1.82, 2.24) is 4.57 Å². The summed E-state index contributed by atoms with van der Waals surface area (Å²) in [6, 6.07) is 22.3. The molecule has 1 atom stereocenters. The molecule has 0 aliphatic heterocycles. The van der Waals surface area contributed by atoms with Crippen molar-refractivity contribution in [3.05, 3.63) is 102 Å². The highest BCUT2D eigenvalue weighted by molar-refractivity contribution is 9.10. The second-order valence-corrected chi connectivity index (χ2v) is 8.12. The molecule has 1 aliphatic carbocycles. The number of halogens is 1. The Hall–Kier alpha value is -2.84. The minimum atomic E-state index is 0.351. The van der Waals surface area contributed by atoms with E-state index in [9.17, 15) is 0 Å². The van der Waals surface area contributed by atoms with E-state index in [1.165, 1.54) is 32.9 Å². The molecule has 0 spiro atoms. The lowest BCUT2D eigenvalue weighted by Crippen LogP contribution is -2.06. The lowest BCUT2D eigenvalue weighted by molar-refractivity contribution is 0.648. The molecule has 1 nitrogen and oxygen atoms in total. The fraction of sp³-hybridized carbons (Fsp3) is 0.0769. The van der Waals surface area contributed by atoms with Crippen LogP contribution in [0.15, 0.2) is 96.0 Å². The van der Waals surface area contributed by atoms with Gasteiger partial charge in [-0.05, 0) is 53.4 Å². The van der Waals surface area contributed by atoms with Crippen LogP contribution in [-0.4, -0.2) is 4.57 Å². The van der Waals surface area contributed by atoms with E-state index in [0.29, 0.717) is 6.04 Å². The normalized spacial score (nSPS) is 16.1. The van der Waals surface area contributed by atoms with E-state index in [2.05, 4.69) is 112 Å². The molecule has 0 fully saturated rings. The molecule has 1 heterocycles. The van der Waals surface area contributed by atoms with Crippen LogP contribution in [0.1, 0.15) is 18.0 Å². The minimum absolute atomic E-state index is 0.351. The summed E-state index contributed by atoms with van der Waals surface area (Å²) in [6.07, 6.45) is 11.7. The SMILES string of the molecule is C=Cc1ccc(-c2ccc3c(c2)c2cc(Br)ccc2n3C2C=CC=CC2)cc1. The lowest BCUT2D eigenvalue weighted by atomic mass is 10.0. The highest BCUT2D eigenvalue weighted by Gasteiger charge is 2.17. The summed E-state index contributed by atoms with van der Waals surface area (Å²) in [7, 11) is 0. The summed E-state index contributed by atoms with van der Waals surface area (Å²) in [5.41, 5.74) is 6.17. The van der Waals surface area contributed by atoms with Gasteiger partial charge in [-0.3, -0.25) is 0 Å². The third-order valence-electron chi connectivity index (χ3n) is 5.53. The number of rotatable bonds is 3. The summed E-state index contributed by atoms with van der Waals surface area (Å²) in [6.45, 7) is 3.85. The summed E-state index contributed by atoms with van der Waals surface area (Å²) < 4.78 is 3.58. The first-order chi connectivity index (χ1) is 13.7. The van der Waals surface area contributed by atoms with Gasteiger partial charge in [0.2, 0.25) is 0 Å². The highest BCUT2D eigenvalue weighted by atomic mass is 79.9. The number of allylic oxidation sites excluding steroid dienone is 4. The Balaban J connectivity index is 1.75. The molecule has 0 N–H and O–H groups in total. The first kappa shape index (κ1) is 17.3. The van der Waals surface area contributed by atoms with Crippen LogP contribution >= 0.6 is 15.9 Å². The predicted molar refractivity (Wildman–Crippen MR) is 125 cm³/mol. The van der Waals surface area contributed by atoms with Crippen LogP contribution in [0.2, 0.25) is 0 Å². The van der Waals surface area contributed by atoms with E-state index in [1.54, 1.807) is 0 Å². The van der Waals surface area contributed by atoms with Crippen molar-refractivity contribution in [1.29, 1.82) is 0 Å². The van der Waals surface area contributed by atoms with Crippen LogP contribution in [0.4, 0.5) is 0 Å². The number of fused-ring (bicyclic) bond motifs is 3. The van der Waals surface area contributed by atoms with Gasteiger partial charge in [-0.25, -0.2) is 0 Å². The fourth-order valence-electron chi connectivity index (χ4n) is 4.13. The van der Waals surface area contributed by atoms with Crippen molar-refractivity contribution in [3.63, 3.8) is 0 Å².